The van der Waals surface area contributed by atoms with Crippen LogP contribution in [0.15, 0.2) is 30.3 Å². The maximum absolute atomic E-state index is 11.7. The highest BCUT2D eigenvalue weighted by molar-refractivity contribution is 7.12. The Morgan fingerprint density at radius 2 is 2.00 bits per heavy atom. The number of carbonyl (C=O) groups excluding carboxylic acids is 1. The summed E-state index contributed by atoms with van der Waals surface area (Å²) < 4.78 is 0. The molecule has 2 aromatic rings. The molecule has 0 N–H and O–H groups in total. The Morgan fingerprint density at radius 1 is 1.18 bits per heavy atom. The molecule has 1 heterocycles. The maximum atomic E-state index is 11.7. The van der Waals surface area contributed by atoms with Gasteiger partial charge in [-0.15, -0.1) is 11.3 Å². The fourth-order valence-corrected chi connectivity index (χ4v) is 3.32. The number of nitrogens with zero attached hydrogens (tertiary/aromatic N) is 1. The summed E-state index contributed by atoms with van der Waals surface area (Å²) in [5.41, 5.74) is 2.00. The lowest BCUT2D eigenvalue weighted by atomic mass is 10.0. The van der Waals surface area contributed by atoms with Gasteiger partial charge in [0.15, 0.2) is 5.78 Å². The smallest absolute Gasteiger partial charge is 0.182 e. The number of hydrogen-bond donors (Lipinski definition) is 0. The van der Waals surface area contributed by atoms with Gasteiger partial charge in [0.25, 0.3) is 0 Å². The minimum atomic E-state index is 0.224. The highest BCUT2D eigenvalue weighted by Crippen LogP contribution is 2.27. The summed E-state index contributed by atoms with van der Waals surface area (Å²) in [7, 11) is 0. The van der Waals surface area contributed by atoms with Crippen molar-refractivity contribution in [3.63, 3.8) is 0 Å². The van der Waals surface area contributed by atoms with Crippen LogP contribution in [0.4, 0.5) is 0 Å². The standard InChI is InChI=1S/C14H13NOS/c16-11-7-4-8-12-14(11)15-13(17-12)9-10-5-2-1-3-6-10/h1-3,5-6H,4,7-9H2. The number of ketones is 1. The predicted molar refractivity (Wildman–Crippen MR) is 68.6 cm³/mol. The second-order valence-corrected chi connectivity index (χ2v) is 5.49. The van der Waals surface area contributed by atoms with Gasteiger partial charge in [0.2, 0.25) is 0 Å². The van der Waals surface area contributed by atoms with Crippen LogP contribution in [0.1, 0.15) is 38.8 Å². The second-order valence-electron chi connectivity index (χ2n) is 4.32. The first kappa shape index (κ1) is 10.7. The molecule has 2 nitrogen and oxygen atoms in total. The highest BCUT2D eigenvalue weighted by Gasteiger charge is 2.21. The lowest BCUT2D eigenvalue weighted by Gasteiger charge is -2.06. The van der Waals surface area contributed by atoms with E-state index in [1.54, 1.807) is 11.3 Å². The number of carbonyl (C=O) groups is 1. The number of thiazole rings is 1. The van der Waals surface area contributed by atoms with Crippen molar-refractivity contribution in [3.05, 3.63) is 51.5 Å². The number of hydrogen-bond acceptors (Lipinski definition) is 3. The summed E-state index contributed by atoms with van der Waals surface area (Å²) in [5.74, 6) is 0.224. The summed E-state index contributed by atoms with van der Waals surface area (Å²) >= 11 is 1.70. The third-order valence-corrected chi connectivity index (χ3v) is 4.13. The molecule has 0 saturated heterocycles. The summed E-state index contributed by atoms with van der Waals surface area (Å²) in [6, 6.07) is 10.3. The van der Waals surface area contributed by atoms with Gasteiger partial charge in [-0.2, -0.15) is 0 Å². The fraction of sp³-hybridized carbons (Fsp3) is 0.286. The van der Waals surface area contributed by atoms with E-state index in [1.165, 1.54) is 10.4 Å². The average Bonchev–Trinajstić information content (AvgIpc) is 2.74. The van der Waals surface area contributed by atoms with Crippen LogP contribution in [-0.4, -0.2) is 10.8 Å². The van der Waals surface area contributed by atoms with Gasteiger partial charge in [0, 0.05) is 17.7 Å². The molecule has 0 aliphatic heterocycles. The molecule has 0 saturated carbocycles. The highest BCUT2D eigenvalue weighted by atomic mass is 32.1. The van der Waals surface area contributed by atoms with Gasteiger partial charge in [-0.05, 0) is 18.4 Å². The largest absolute Gasteiger partial charge is 0.292 e. The van der Waals surface area contributed by atoms with E-state index in [-0.39, 0.29) is 5.78 Å². The summed E-state index contributed by atoms with van der Waals surface area (Å²) in [6.07, 6.45) is 3.51. The number of aromatic nitrogens is 1. The molecule has 0 spiro atoms. The van der Waals surface area contributed by atoms with Crippen LogP contribution in [0, 0.1) is 0 Å². The molecule has 1 aromatic carbocycles. The lowest BCUT2D eigenvalue weighted by molar-refractivity contribution is 0.0968. The number of aryl methyl sites for hydroxylation is 1. The Kier molecular flexibility index (Phi) is 2.77. The Hall–Kier alpha value is -1.48. The van der Waals surface area contributed by atoms with Crippen LogP contribution in [0.25, 0.3) is 0 Å². The van der Waals surface area contributed by atoms with Crippen LogP contribution in [0.2, 0.25) is 0 Å². The molecule has 3 heteroatoms. The maximum Gasteiger partial charge on any atom is 0.182 e. The van der Waals surface area contributed by atoms with Crippen molar-refractivity contribution in [2.45, 2.75) is 25.7 Å². The van der Waals surface area contributed by atoms with Gasteiger partial charge >= 0.3 is 0 Å². The first-order valence-electron chi connectivity index (χ1n) is 5.88. The van der Waals surface area contributed by atoms with Crippen molar-refractivity contribution < 1.29 is 4.79 Å². The van der Waals surface area contributed by atoms with Gasteiger partial charge < -0.3 is 0 Å². The van der Waals surface area contributed by atoms with E-state index >= 15 is 0 Å². The van der Waals surface area contributed by atoms with Crippen LogP contribution in [0.5, 0.6) is 0 Å². The summed E-state index contributed by atoms with van der Waals surface area (Å²) in [4.78, 5) is 17.4. The molecular formula is C14H13NOS. The van der Waals surface area contributed by atoms with E-state index in [2.05, 4.69) is 17.1 Å². The van der Waals surface area contributed by atoms with Crippen LogP contribution in [-0.2, 0) is 12.8 Å². The molecular weight excluding hydrogens is 230 g/mol. The molecule has 3 rings (SSSR count). The normalized spacial score (nSPS) is 14.7. The van der Waals surface area contributed by atoms with E-state index in [4.69, 9.17) is 0 Å². The van der Waals surface area contributed by atoms with Crippen molar-refractivity contribution in [3.8, 4) is 0 Å². The minimum absolute atomic E-state index is 0.224. The average molecular weight is 243 g/mol. The zero-order chi connectivity index (χ0) is 11.7. The first-order chi connectivity index (χ1) is 8.33. The molecule has 1 aliphatic rings. The van der Waals surface area contributed by atoms with E-state index in [1.807, 2.05) is 18.2 Å². The number of fused-ring (bicyclic) bond motifs is 1. The Balaban J connectivity index is 1.88. The Labute approximate surface area is 104 Å². The third-order valence-electron chi connectivity index (χ3n) is 3.01. The van der Waals surface area contributed by atoms with Gasteiger partial charge in [0.05, 0.1) is 5.01 Å². The predicted octanol–water partition coefficient (Wildman–Crippen LogP) is 3.25. The molecule has 0 atom stereocenters. The molecule has 0 radical (unpaired) electrons. The van der Waals surface area contributed by atoms with Crippen molar-refractivity contribution in [1.82, 2.24) is 4.98 Å². The summed E-state index contributed by atoms with van der Waals surface area (Å²) in [5, 5.41) is 1.07. The van der Waals surface area contributed by atoms with E-state index in [0.717, 1.165) is 30.0 Å². The topological polar surface area (TPSA) is 30.0 Å². The van der Waals surface area contributed by atoms with E-state index in [9.17, 15) is 4.79 Å². The zero-order valence-electron chi connectivity index (χ0n) is 9.48. The molecule has 1 aliphatic carbocycles. The van der Waals surface area contributed by atoms with Crippen molar-refractivity contribution in [2.24, 2.45) is 0 Å². The molecule has 0 amide bonds. The van der Waals surface area contributed by atoms with Gasteiger partial charge in [-0.3, -0.25) is 4.79 Å². The zero-order valence-corrected chi connectivity index (χ0v) is 10.3. The van der Waals surface area contributed by atoms with Gasteiger partial charge in [0.1, 0.15) is 5.69 Å². The number of benzene rings is 1. The SMILES string of the molecule is O=C1CCCc2sc(Cc3ccccc3)nc21. The Bertz CT molecular complexity index is 545. The quantitative estimate of drug-likeness (QED) is 0.810. The lowest BCUT2D eigenvalue weighted by Crippen LogP contribution is -2.08. The monoisotopic (exact) mass is 243 g/mol. The Morgan fingerprint density at radius 3 is 2.76 bits per heavy atom. The molecule has 17 heavy (non-hydrogen) atoms. The molecule has 0 unspecified atom stereocenters. The molecule has 1 aromatic heterocycles. The third kappa shape index (κ3) is 2.15. The molecule has 0 bridgehead atoms. The van der Waals surface area contributed by atoms with Crippen LogP contribution >= 0.6 is 11.3 Å². The second kappa shape index (κ2) is 4.41. The molecule has 0 fully saturated rings. The van der Waals surface area contributed by atoms with E-state index in [0.29, 0.717) is 6.42 Å². The van der Waals surface area contributed by atoms with Crippen molar-refractivity contribution in [1.29, 1.82) is 0 Å². The van der Waals surface area contributed by atoms with E-state index < -0.39 is 0 Å². The minimum Gasteiger partial charge on any atom is -0.292 e. The number of Topliss-reactive ketones (excluding diaryl/α,β-unsaturated/α-hetero) is 1. The van der Waals surface area contributed by atoms with Crippen molar-refractivity contribution >= 4 is 17.1 Å². The van der Waals surface area contributed by atoms with Crippen LogP contribution < -0.4 is 0 Å². The van der Waals surface area contributed by atoms with Crippen molar-refractivity contribution in [2.75, 3.05) is 0 Å². The van der Waals surface area contributed by atoms with Crippen LogP contribution in [0.3, 0.4) is 0 Å². The molecule has 86 valence electrons. The fourth-order valence-electron chi connectivity index (χ4n) is 2.16. The van der Waals surface area contributed by atoms with Gasteiger partial charge in [-0.25, -0.2) is 4.98 Å². The summed E-state index contributed by atoms with van der Waals surface area (Å²) in [6.45, 7) is 0. The first-order valence-corrected chi connectivity index (χ1v) is 6.70. The number of rotatable bonds is 2. The van der Waals surface area contributed by atoms with Gasteiger partial charge in [-0.1, -0.05) is 30.3 Å².